The highest BCUT2D eigenvalue weighted by molar-refractivity contribution is 5.81. The second-order valence-electron chi connectivity index (χ2n) is 10.8. The number of alkyl carbamates (subject to hydrolysis) is 1. The molecule has 0 saturated heterocycles. The van der Waals surface area contributed by atoms with Crippen molar-refractivity contribution in [2.75, 3.05) is 6.54 Å². The first-order valence-electron chi connectivity index (χ1n) is 11.6. The lowest BCUT2D eigenvalue weighted by Gasteiger charge is -2.50. The Balaban J connectivity index is 1.38. The highest BCUT2D eigenvalue weighted by Gasteiger charge is 2.54. The Morgan fingerprint density at radius 3 is 2.77 bits per heavy atom. The second kappa shape index (κ2) is 8.12. The van der Waals surface area contributed by atoms with Gasteiger partial charge in [0.1, 0.15) is 11.4 Å². The van der Waals surface area contributed by atoms with Crippen LogP contribution < -0.4 is 10.1 Å². The number of hydrogen-bond donors (Lipinski definition) is 3. The van der Waals surface area contributed by atoms with Crippen LogP contribution >= 0.6 is 0 Å². The molecule has 1 aromatic carbocycles. The van der Waals surface area contributed by atoms with Crippen LogP contribution in [0.3, 0.4) is 0 Å². The molecule has 3 unspecified atom stereocenters. The van der Waals surface area contributed by atoms with Crippen LogP contribution in [0.25, 0.3) is 0 Å². The van der Waals surface area contributed by atoms with Crippen molar-refractivity contribution in [2.24, 2.45) is 17.3 Å². The van der Waals surface area contributed by atoms with E-state index in [-0.39, 0.29) is 24.0 Å². The van der Waals surface area contributed by atoms with Crippen LogP contribution in [0.2, 0.25) is 0 Å². The molecular weight excluding hydrogens is 392 g/mol. The number of amides is 1. The van der Waals surface area contributed by atoms with Gasteiger partial charge in [-0.2, -0.15) is 0 Å². The summed E-state index contributed by atoms with van der Waals surface area (Å²) in [6.07, 6.45) is 5.80. The molecule has 3 N–H and O–H groups in total. The molecule has 0 spiro atoms. The van der Waals surface area contributed by atoms with Crippen molar-refractivity contribution in [2.45, 2.75) is 83.8 Å². The van der Waals surface area contributed by atoms with Crippen molar-refractivity contribution in [3.63, 3.8) is 0 Å². The van der Waals surface area contributed by atoms with Gasteiger partial charge in [-0.05, 0) is 106 Å². The summed E-state index contributed by atoms with van der Waals surface area (Å²) in [4.78, 5) is 11.8. The van der Waals surface area contributed by atoms with Crippen LogP contribution in [0.1, 0.15) is 76.8 Å². The molecule has 6 nitrogen and oxygen atoms in total. The van der Waals surface area contributed by atoms with E-state index in [1.54, 1.807) is 20.8 Å². The van der Waals surface area contributed by atoms with Gasteiger partial charge in [-0.1, -0.05) is 13.0 Å². The van der Waals surface area contributed by atoms with Crippen molar-refractivity contribution in [1.82, 2.24) is 5.32 Å². The summed E-state index contributed by atoms with van der Waals surface area (Å²) in [5.74, 6) is 2.47. The van der Waals surface area contributed by atoms with Crippen molar-refractivity contribution in [3.05, 3.63) is 29.3 Å². The third-order valence-corrected chi connectivity index (χ3v) is 7.68. The maximum atomic E-state index is 11.8. The van der Waals surface area contributed by atoms with E-state index in [1.807, 2.05) is 6.07 Å². The molecule has 3 aliphatic carbocycles. The van der Waals surface area contributed by atoms with Crippen LogP contribution in [-0.2, 0) is 11.2 Å². The van der Waals surface area contributed by atoms with Gasteiger partial charge in [0.05, 0.1) is 12.6 Å². The molecule has 5 atom stereocenters. The van der Waals surface area contributed by atoms with Crippen LogP contribution in [0.5, 0.6) is 5.75 Å². The number of aliphatic hydroxyl groups is 1. The molecule has 3 aliphatic rings. The van der Waals surface area contributed by atoms with Crippen LogP contribution in [-0.4, -0.2) is 35.3 Å². The van der Waals surface area contributed by atoms with E-state index in [1.165, 1.54) is 11.1 Å². The average Bonchev–Trinajstić information content (AvgIpc) is 2.99. The minimum Gasteiger partial charge on any atom is -0.444 e. The first-order valence-corrected chi connectivity index (χ1v) is 11.6. The van der Waals surface area contributed by atoms with Gasteiger partial charge in [-0.15, -0.1) is 0 Å². The zero-order valence-electron chi connectivity index (χ0n) is 19.2. The number of carbonyl (C=O) groups is 1. The number of carbonyl (C=O) groups excluding carboxylic acids is 1. The fourth-order valence-corrected chi connectivity index (χ4v) is 6.24. The largest absolute Gasteiger partial charge is 0.444 e. The van der Waals surface area contributed by atoms with Gasteiger partial charge in [0.25, 0.3) is 0 Å². The molecule has 2 fully saturated rings. The van der Waals surface area contributed by atoms with Crippen LogP contribution in [0, 0.1) is 22.7 Å². The molecule has 0 radical (unpaired) electrons. The Kier molecular flexibility index (Phi) is 5.80. The van der Waals surface area contributed by atoms with Gasteiger partial charge in [0.2, 0.25) is 5.90 Å². The summed E-state index contributed by atoms with van der Waals surface area (Å²) in [5.41, 5.74) is 2.26. The zero-order valence-corrected chi connectivity index (χ0v) is 19.2. The fraction of sp³-hybridized carbons (Fsp3) is 0.680. The zero-order chi connectivity index (χ0) is 22.4. The van der Waals surface area contributed by atoms with Crippen molar-refractivity contribution in [3.8, 4) is 5.75 Å². The van der Waals surface area contributed by atoms with E-state index in [0.717, 1.165) is 38.5 Å². The van der Waals surface area contributed by atoms with Gasteiger partial charge in [-0.25, -0.2) is 4.79 Å². The minimum absolute atomic E-state index is 0.0146. The molecule has 0 bridgehead atoms. The molecule has 31 heavy (non-hydrogen) atoms. The lowest BCUT2D eigenvalue weighted by molar-refractivity contribution is -0.0226. The summed E-state index contributed by atoms with van der Waals surface area (Å²) >= 11 is 0. The van der Waals surface area contributed by atoms with E-state index in [4.69, 9.17) is 14.9 Å². The number of aryl methyl sites for hydroxylation is 1. The van der Waals surface area contributed by atoms with E-state index < -0.39 is 11.7 Å². The number of benzene rings is 1. The third-order valence-electron chi connectivity index (χ3n) is 7.68. The van der Waals surface area contributed by atoms with E-state index in [9.17, 15) is 9.90 Å². The summed E-state index contributed by atoms with van der Waals surface area (Å²) in [7, 11) is 0. The molecule has 4 rings (SSSR count). The third kappa shape index (κ3) is 4.45. The predicted octanol–water partition coefficient (Wildman–Crippen LogP) is 4.78. The molecule has 6 heteroatoms. The summed E-state index contributed by atoms with van der Waals surface area (Å²) in [6.45, 7) is 7.68. The Labute approximate surface area is 185 Å². The molecule has 2 saturated carbocycles. The summed E-state index contributed by atoms with van der Waals surface area (Å²) in [6, 6.07) is 6.18. The van der Waals surface area contributed by atoms with Gasteiger partial charge in [-0.3, -0.25) is 5.41 Å². The maximum absolute atomic E-state index is 11.8. The van der Waals surface area contributed by atoms with Crippen molar-refractivity contribution < 1.29 is 19.4 Å². The number of fused-ring (bicyclic) bond motifs is 5. The molecule has 0 heterocycles. The maximum Gasteiger partial charge on any atom is 0.408 e. The second-order valence-corrected chi connectivity index (χ2v) is 10.8. The van der Waals surface area contributed by atoms with Gasteiger partial charge >= 0.3 is 6.09 Å². The number of nitrogens with one attached hydrogen (secondary N) is 2. The van der Waals surface area contributed by atoms with Crippen molar-refractivity contribution in [1.29, 1.82) is 5.41 Å². The molecule has 170 valence electrons. The van der Waals surface area contributed by atoms with Crippen molar-refractivity contribution >= 4 is 12.0 Å². The quantitative estimate of drug-likeness (QED) is 0.477. The Hall–Kier alpha value is -2.08. The lowest BCUT2D eigenvalue weighted by Crippen LogP contribution is -2.43. The molecule has 0 aliphatic heterocycles. The molecule has 1 aromatic rings. The first kappa shape index (κ1) is 22.1. The Morgan fingerprint density at radius 2 is 2.03 bits per heavy atom. The van der Waals surface area contributed by atoms with E-state index in [0.29, 0.717) is 23.5 Å². The highest BCUT2D eigenvalue weighted by Crippen LogP contribution is 2.60. The van der Waals surface area contributed by atoms with E-state index >= 15 is 0 Å². The monoisotopic (exact) mass is 428 g/mol. The lowest BCUT2D eigenvalue weighted by atomic mass is 9.55. The van der Waals surface area contributed by atoms with E-state index in [2.05, 4.69) is 24.4 Å². The predicted molar refractivity (Wildman–Crippen MR) is 120 cm³/mol. The van der Waals surface area contributed by atoms with Crippen LogP contribution in [0.15, 0.2) is 18.2 Å². The number of hydrogen-bond acceptors (Lipinski definition) is 5. The van der Waals surface area contributed by atoms with Gasteiger partial charge in [0, 0.05) is 0 Å². The molecule has 0 aromatic heterocycles. The summed E-state index contributed by atoms with van der Waals surface area (Å²) in [5, 5.41) is 21.2. The molecule has 1 amide bonds. The number of aliphatic hydroxyl groups excluding tert-OH is 1. The van der Waals surface area contributed by atoms with Gasteiger partial charge in [0.15, 0.2) is 0 Å². The smallest absolute Gasteiger partial charge is 0.408 e. The molecular formula is C25H36N2O4. The fourth-order valence-electron chi connectivity index (χ4n) is 6.24. The Bertz CT molecular complexity index is 862. The SMILES string of the molecule is CC(C)(C)OC(=O)NCC(=N)Oc1ccc2c(c1)CCC1C2CC[C@@]2(C)C1CC[C@@H]2O. The topological polar surface area (TPSA) is 91.6 Å². The normalized spacial score (nSPS) is 31.8. The number of rotatable bonds is 3. The standard InChI is InChI=1S/C25H36N2O4/c1-24(2,3)31-23(29)27-14-22(26)30-16-6-8-17-15(13-16)5-7-19-18(17)11-12-25(4)20(19)9-10-21(25)28/h6,8,13,18-21,26,28H,5,7,9-12,14H2,1-4H3,(H,27,29)/t18?,19?,20?,21-,25-/m0/s1. The average molecular weight is 429 g/mol. The van der Waals surface area contributed by atoms with Gasteiger partial charge < -0.3 is 19.9 Å². The summed E-state index contributed by atoms with van der Waals surface area (Å²) < 4.78 is 10.9. The minimum atomic E-state index is -0.573. The van der Waals surface area contributed by atoms with Crippen LogP contribution in [0.4, 0.5) is 4.79 Å². The highest BCUT2D eigenvalue weighted by atomic mass is 16.6. The Morgan fingerprint density at radius 1 is 1.26 bits per heavy atom. The number of ether oxygens (including phenoxy) is 2. The first-order chi connectivity index (χ1) is 14.6.